The average Bonchev–Trinajstić information content (AvgIpc) is 2.56. The van der Waals surface area contributed by atoms with Crippen molar-refractivity contribution in [2.75, 3.05) is 5.32 Å². The van der Waals surface area contributed by atoms with Gasteiger partial charge in [0.15, 0.2) is 0 Å². The molecule has 1 aliphatic carbocycles. The first kappa shape index (κ1) is 14.6. The largest absolute Gasteiger partial charge is 0.377 e. The van der Waals surface area contributed by atoms with Crippen LogP contribution in [0.2, 0.25) is 0 Å². The van der Waals surface area contributed by atoms with E-state index in [2.05, 4.69) is 75.8 Å². The molecular weight excluding hydrogens is 322 g/mol. The molecule has 0 saturated heterocycles. The molecule has 2 aromatic carbocycles. The molecule has 2 aromatic rings. The van der Waals surface area contributed by atoms with Crippen molar-refractivity contribution in [2.24, 2.45) is 5.92 Å². The fraction of sp³-hybridized carbons (Fsp3) is 0.368. The molecule has 1 unspecified atom stereocenters. The van der Waals surface area contributed by atoms with Gasteiger partial charge in [0.05, 0.1) is 6.04 Å². The van der Waals surface area contributed by atoms with Crippen LogP contribution >= 0.6 is 15.9 Å². The Hall–Kier alpha value is -1.28. The second-order valence-corrected chi connectivity index (χ2v) is 6.76. The lowest BCUT2D eigenvalue weighted by molar-refractivity contribution is 0.321. The minimum Gasteiger partial charge on any atom is -0.377 e. The van der Waals surface area contributed by atoms with Crippen LogP contribution in [0.4, 0.5) is 5.69 Å². The van der Waals surface area contributed by atoms with Crippen LogP contribution in [-0.2, 0) is 0 Å². The number of halogens is 1. The lowest BCUT2D eigenvalue weighted by atomic mass is 9.81. The smallest absolute Gasteiger partial charge is 0.0542 e. The van der Waals surface area contributed by atoms with Crippen LogP contribution in [-0.4, -0.2) is 0 Å². The summed E-state index contributed by atoms with van der Waals surface area (Å²) in [6.07, 6.45) is 6.79. The molecule has 2 heteroatoms. The zero-order valence-electron chi connectivity index (χ0n) is 12.3. The summed E-state index contributed by atoms with van der Waals surface area (Å²) < 4.78 is 1.14. The molecule has 1 nitrogen and oxygen atoms in total. The maximum Gasteiger partial charge on any atom is 0.0542 e. The van der Waals surface area contributed by atoms with Crippen LogP contribution in [0.3, 0.4) is 0 Å². The predicted molar refractivity (Wildman–Crippen MR) is 93.5 cm³/mol. The van der Waals surface area contributed by atoms with Gasteiger partial charge in [-0.1, -0.05) is 61.7 Å². The van der Waals surface area contributed by atoms with Crippen molar-refractivity contribution in [1.29, 1.82) is 0 Å². The Morgan fingerprint density at radius 1 is 0.857 bits per heavy atom. The van der Waals surface area contributed by atoms with Crippen LogP contribution in [0.1, 0.15) is 43.7 Å². The van der Waals surface area contributed by atoms with E-state index >= 15 is 0 Å². The zero-order valence-corrected chi connectivity index (χ0v) is 13.9. The summed E-state index contributed by atoms with van der Waals surface area (Å²) in [5, 5.41) is 3.79. The molecule has 110 valence electrons. The summed E-state index contributed by atoms with van der Waals surface area (Å²) in [6, 6.07) is 19.7. The summed E-state index contributed by atoms with van der Waals surface area (Å²) in [6.45, 7) is 0. The minimum atomic E-state index is 0.408. The van der Waals surface area contributed by atoms with E-state index in [0.717, 1.165) is 10.4 Å². The molecule has 0 radical (unpaired) electrons. The van der Waals surface area contributed by atoms with Crippen molar-refractivity contribution >= 4 is 21.6 Å². The fourth-order valence-electron chi connectivity index (χ4n) is 3.35. The summed E-state index contributed by atoms with van der Waals surface area (Å²) >= 11 is 3.66. The van der Waals surface area contributed by atoms with E-state index in [0.29, 0.717) is 6.04 Å². The fourth-order valence-corrected chi connectivity index (χ4v) is 3.75. The second kappa shape index (κ2) is 7.13. The van der Waals surface area contributed by atoms with Gasteiger partial charge in [0.25, 0.3) is 0 Å². The molecule has 0 spiro atoms. The van der Waals surface area contributed by atoms with Gasteiger partial charge in [0.2, 0.25) is 0 Å². The first-order valence-corrected chi connectivity index (χ1v) is 8.70. The van der Waals surface area contributed by atoms with E-state index in [4.69, 9.17) is 0 Å². The maximum atomic E-state index is 3.79. The van der Waals surface area contributed by atoms with E-state index in [1.54, 1.807) is 0 Å². The SMILES string of the molecule is Brc1ccccc1NC(c1ccccc1)C1CCCCC1. The molecule has 0 amide bonds. The van der Waals surface area contributed by atoms with Gasteiger partial charge in [-0.2, -0.15) is 0 Å². The van der Waals surface area contributed by atoms with Crippen LogP contribution in [0.15, 0.2) is 59.1 Å². The van der Waals surface area contributed by atoms with Gasteiger partial charge >= 0.3 is 0 Å². The van der Waals surface area contributed by atoms with Crippen molar-refractivity contribution < 1.29 is 0 Å². The number of rotatable bonds is 4. The Labute approximate surface area is 135 Å². The molecular formula is C19H22BrN. The molecule has 1 atom stereocenters. The Morgan fingerprint density at radius 3 is 2.24 bits per heavy atom. The molecule has 1 fully saturated rings. The summed E-state index contributed by atoms with van der Waals surface area (Å²) in [5.41, 5.74) is 2.59. The van der Waals surface area contributed by atoms with Crippen LogP contribution in [0.5, 0.6) is 0 Å². The van der Waals surface area contributed by atoms with Crippen LogP contribution in [0.25, 0.3) is 0 Å². The van der Waals surface area contributed by atoms with Crippen LogP contribution < -0.4 is 5.32 Å². The Balaban J connectivity index is 1.87. The number of benzene rings is 2. The average molecular weight is 344 g/mol. The molecule has 1 aliphatic rings. The molecule has 0 aromatic heterocycles. The summed E-state index contributed by atoms with van der Waals surface area (Å²) in [7, 11) is 0. The minimum absolute atomic E-state index is 0.408. The third kappa shape index (κ3) is 3.68. The standard InChI is InChI=1S/C19H22BrN/c20-17-13-7-8-14-18(17)21-19(15-9-3-1-4-10-15)16-11-5-2-6-12-16/h1,3-4,7-10,13-14,16,19,21H,2,5-6,11-12H2. The van der Waals surface area contributed by atoms with Gasteiger partial charge in [-0.3, -0.25) is 0 Å². The number of hydrogen-bond acceptors (Lipinski definition) is 1. The third-order valence-corrected chi connectivity index (χ3v) is 5.16. The van der Waals surface area contributed by atoms with Crippen LogP contribution in [0, 0.1) is 5.92 Å². The highest BCUT2D eigenvalue weighted by molar-refractivity contribution is 9.10. The predicted octanol–water partition coefficient (Wildman–Crippen LogP) is 6.18. The Morgan fingerprint density at radius 2 is 1.52 bits per heavy atom. The number of para-hydroxylation sites is 1. The van der Waals surface area contributed by atoms with Gasteiger partial charge in [-0.25, -0.2) is 0 Å². The van der Waals surface area contributed by atoms with Gasteiger partial charge < -0.3 is 5.32 Å². The van der Waals surface area contributed by atoms with E-state index in [1.165, 1.54) is 43.4 Å². The first-order valence-electron chi connectivity index (χ1n) is 7.90. The summed E-state index contributed by atoms with van der Waals surface area (Å²) in [5.74, 6) is 0.730. The number of nitrogens with one attached hydrogen (secondary N) is 1. The first-order chi connectivity index (χ1) is 10.3. The van der Waals surface area contributed by atoms with Crippen molar-refractivity contribution in [2.45, 2.75) is 38.1 Å². The quantitative estimate of drug-likeness (QED) is 0.698. The van der Waals surface area contributed by atoms with Crippen molar-refractivity contribution in [1.82, 2.24) is 0 Å². The van der Waals surface area contributed by atoms with Gasteiger partial charge in [-0.05, 0) is 52.4 Å². The molecule has 3 rings (SSSR count). The lowest BCUT2D eigenvalue weighted by Crippen LogP contribution is -2.23. The molecule has 1 saturated carbocycles. The Kier molecular flexibility index (Phi) is 4.97. The monoisotopic (exact) mass is 343 g/mol. The molecule has 0 heterocycles. The van der Waals surface area contributed by atoms with E-state index < -0.39 is 0 Å². The number of hydrogen-bond donors (Lipinski definition) is 1. The van der Waals surface area contributed by atoms with Gasteiger partial charge in [0.1, 0.15) is 0 Å². The van der Waals surface area contributed by atoms with Gasteiger partial charge in [0, 0.05) is 10.2 Å². The highest BCUT2D eigenvalue weighted by Gasteiger charge is 2.25. The molecule has 0 bridgehead atoms. The molecule has 1 N–H and O–H groups in total. The van der Waals surface area contributed by atoms with Gasteiger partial charge in [-0.15, -0.1) is 0 Å². The van der Waals surface area contributed by atoms with Crippen molar-refractivity contribution in [3.05, 3.63) is 64.6 Å². The maximum absolute atomic E-state index is 3.79. The second-order valence-electron chi connectivity index (χ2n) is 5.91. The highest BCUT2D eigenvalue weighted by Crippen LogP contribution is 2.37. The van der Waals surface area contributed by atoms with E-state index in [9.17, 15) is 0 Å². The highest BCUT2D eigenvalue weighted by atomic mass is 79.9. The summed E-state index contributed by atoms with van der Waals surface area (Å²) in [4.78, 5) is 0. The third-order valence-electron chi connectivity index (χ3n) is 4.46. The van der Waals surface area contributed by atoms with Crippen molar-refractivity contribution in [3.63, 3.8) is 0 Å². The topological polar surface area (TPSA) is 12.0 Å². The zero-order chi connectivity index (χ0) is 14.5. The molecule has 21 heavy (non-hydrogen) atoms. The molecule has 0 aliphatic heterocycles. The Bertz CT molecular complexity index is 561. The number of anilines is 1. The normalized spacial score (nSPS) is 17.4. The van der Waals surface area contributed by atoms with E-state index in [-0.39, 0.29) is 0 Å². The lowest BCUT2D eigenvalue weighted by Gasteiger charge is -2.32. The van der Waals surface area contributed by atoms with Crippen molar-refractivity contribution in [3.8, 4) is 0 Å². The van der Waals surface area contributed by atoms with E-state index in [1.807, 2.05) is 0 Å².